The van der Waals surface area contributed by atoms with Gasteiger partial charge in [-0.2, -0.15) is 11.3 Å². The molecule has 2 aromatic heterocycles. The van der Waals surface area contributed by atoms with Gasteiger partial charge in [0, 0.05) is 37.2 Å². The highest BCUT2D eigenvalue weighted by molar-refractivity contribution is 7.07. The summed E-state index contributed by atoms with van der Waals surface area (Å²) < 4.78 is 0. The Balaban J connectivity index is 1.51. The van der Waals surface area contributed by atoms with Crippen molar-refractivity contribution in [3.8, 4) is 0 Å². The largest absolute Gasteiger partial charge is 0.361 e. The van der Waals surface area contributed by atoms with E-state index in [1.165, 1.54) is 27.6 Å². The van der Waals surface area contributed by atoms with Crippen LogP contribution in [-0.4, -0.2) is 31.1 Å². The summed E-state index contributed by atoms with van der Waals surface area (Å²) in [4.78, 5) is 7.69. The van der Waals surface area contributed by atoms with Crippen LogP contribution in [0.25, 0.3) is 10.9 Å². The minimum absolute atomic E-state index is 0.473. The number of guanidine groups is 1. The number of thiophene rings is 1. The first-order valence-corrected chi connectivity index (χ1v) is 9.65. The fourth-order valence-electron chi connectivity index (χ4n) is 3.11. The summed E-state index contributed by atoms with van der Waals surface area (Å²) in [6, 6.07) is 8.58. The molecule has 0 aliphatic heterocycles. The van der Waals surface area contributed by atoms with Crippen molar-refractivity contribution in [3.63, 3.8) is 0 Å². The van der Waals surface area contributed by atoms with Crippen LogP contribution >= 0.6 is 11.3 Å². The molecule has 0 amide bonds. The normalized spacial score (nSPS) is 13.2. The van der Waals surface area contributed by atoms with Crippen molar-refractivity contribution < 1.29 is 0 Å². The van der Waals surface area contributed by atoms with Crippen molar-refractivity contribution in [1.29, 1.82) is 0 Å². The smallest absolute Gasteiger partial charge is 0.191 e. The van der Waals surface area contributed by atoms with Gasteiger partial charge in [0.05, 0.1) is 0 Å². The molecule has 1 aromatic carbocycles. The van der Waals surface area contributed by atoms with Crippen molar-refractivity contribution in [1.82, 2.24) is 15.6 Å². The Morgan fingerprint density at radius 2 is 2.16 bits per heavy atom. The summed E-state index contributed by atoms with van der Waals surface area (Å²) in [5, 5.41) is 12.5. The molecule has 0 radical (unpaired) electrons. The van der Waals surface area contributed by atoms with E-state index >= 15 is 0 Å². The van der Waals surface area contributed by atoms with Gasteiger partial charge in [-0.25, -0.2) is 0 Å². The van der Waals surface area contributed by atoms with Crippen LogP contribution in [-0.2, 0) is 6.42 Å². The molecule has 3 aromatic rings. The number of fused-ring (bicyclic) bond motifs is 1. The van der Waals surface area contributed by atoms with Gasteiger partial charge in [0.2, 0.25) is 0 Å². The number of H-pyrrole nitrogens is 1. The Bertz CT molecular complexity index is 833. The molecular formula is C20H26N4S. The van der Waals surface area contributed by atoms with E-state index in [1.54, 1.807) is 11.3 Å². The first-order valence-electron chi connectivity index (χ1n) is 8.71. The third kappa shape index (κ3) is 4.23. The van der Waals surface area contributed by atoms with E-state index in [4.69, 9.17) is 0 Å². The highest BCUT2D eigenvalue weighted by Crippen LogP contribution is 2.22. The molecule has 0 spiro atoms. The highest BCUT2D eigenvalue weighted by Gasteiger charge is 2.08. The number of aromatic nitrogens is 1. The number of nitrogens with zero attached hydrogens (tertiary/aromatic N) is 1. The van der Waals surface area contributed by atoms with E-state index in [9.17, 15) is 0 Å². The van der Waals surface area contributed by atoms with Crippen LogP contribution in [0.2, 0.25) is 0 Å². The van der Waals surface area contributed by atoms with Crippen molar-refractivity contribution in [2.75, 3.05) is 20.1 Å². The topological polar surface area (TPSA) is 52.2 Å². The Morgan fingerprint density at radius 3 is 2.92 bits per heavy atom. The Hall–Kier alpha value is -2.27. The van der Waals surface area contributed by atoms with E-state index < -0.39 is 0 Å². The Labute approximate surface area is 153 Å². The van der Waals surface area contributed by atoms with Gasteiger partial charge in [0.25, 0.3) is 0 Å². The molecule has 2 heterocycles. The zero-order valence-corrected chi connectivity index (χ0v) is 15.9. The van der Waals surface area contributed by atoms with Gasteiger partial charge in [-0.3, -0.25) is 4.99 Å². The summed E-state index contributed by atoms with van der Waals surface area (Å²) in [6.07, 6.45) is 3.08. The predicted octanol–water partition coefficient (Wildman–Crippen LogP) is 4.05. The van der Waals surface area contributed by atoms with Gasteiger partial charge in [0.1, 0.15) is 0 Å². The van der Waals surface area contributed by atoms with Gasteiger partial charge in [-0.05, 0) is 58.8 Å². The lowest BCUT2D eigenvalue weighted by Gasteiger charge is -2.15. The molecule has 0 aliphatic rings. The quantitative estimate of drug-likeness (QED) is 0.462. The average Bonchev–Trinajstić information content (AvgIpc) is 3.28. The molecule has 1 atom stereocenters. The van der Waals surface area contributed by atoms with E-state index in [1.807, 2.05) is 7.05 Å². The Morgan fingerprint density at radius 1 is 1.28 bits per heavy atom. The number of aliphatic imine (C=N–C) groups is 1. The molecule has 0 bridgehead atoms. The molecular weight excluding hydrogens is 328 g/mol. The summed E-state index contributed by atoms with van der Waals surface area (Å²) in [5.41, 5.74) is 5.26. The van der Waals surface area contributed by atoms with E-state index in [0.717, 1.165) is 25.5 Å². The number of rotatable bonds is 6. The lowest BCUT2D eigenvalue weighted by atomic mass is 10.1. The average molecular weight is 355 g/mol. The van der Waals surface area contributed by atoms with Gasteiger partial charge in [-0.15, -0.1) is 0 Å². The second-order valence-electron chi connectivity index (χ2n) is 6.40. The second kappa shape index (κ2) is 8.21. The van der Waals surface area contributed by atoms with Crippen LogP contribution in [0.5, 0.6) is 0 Å². The monoisotopic (exact) mass is 354 g/mol. The maximum atomic E-state index is 4.33. The van der Waals surface area contributed by atoms with Crippen LogP contribution in [0.15, 0.2) is 46.2 Å². The molecule has 3 N–H and O–H groups in total. The van der Waals surface area contributed by atoms with Gasteiger partial charge < -0.3 is 15.6 Å². The van der Waals surface area contributed by atoms with Crippen molar-refractivity contribution in [2.45, 2.75) is 26.2 Å². The predicted molar refractivity (Wildman–Crippen MR) is 109 cm³/mol. The third-order valence-corrected chi connectivity index (χ3v) is 5.30. The van der Waals surface area contributed by atoms with E-state index in [0.29, 0.717) is 5.92 Å². The van der Waals surface area contributed by atoms with Crippen LogP contribution in [0, 0.1) is 6.92 Å². The van der Waals surface area contributed by atoms with Gasteiger partial charge >= 0.3 is 0 Å². The fraction of sp³-hybridized carbons (Fsp3) is 0.350. The van der Waals surface area contributed by atoms with Crippen molar-refractivity contribution >= 4 is 28.2 Å². The van der Waals surface area contributed by atoms with Crippen molar-refractivity contribution in [2.24, 2.45) is 4.99 Å². The molecule has 0 saturated heterocycles. The summed E-state index contributed by atoms with van der Waals surface area (Å²) >= 11 is 1.75. The molecule has 0 fully saturated rings. The third-order valence-electron chi connectivity index (χ3n) is 4.59. The van der Waals surface area contributed by atoms with Crippen LogP contribution in [0.3, 0.4) is 0 Å². The number of hydrogen-bond acceptors (Lipinski definition) is 2. The number of benzene rings is 1. The SMILES string of the molecule is CN=C(NCCc1c[nH]c2cccc(C)c12)NCC(C)c1ccsc1. The Kier molecular flexibility index (Phi) is 5.76. The maximum absolute atomic E-state index is 4.33. The number of hydrogen-bond donors (Lipinski definition) is 3. The molecule has 3 rings (SSSR count). The summed E-state index contributed by atoms with van der Waals surface area (Å²) in [6.45, 7) is 6.13. The second-order valence-corrected chi connectivity index (χ2v) is 7.18. The summed E-state index contributed by atoms with van der Waals surface area (Å²) in [7, 11) is 1.82. The van der Waals surface area contributed by atoms with Crippen molar-refractivity contribution in [3.05, 3.63) is 57.9 Å². The highest BCUT2D eigenvalue weighted by atomic mass is 32.1. The number of aryl methyl sites for hydroxylation is 1. The number of nitrogens with one attached hydrogen (secondary N) is 3. The van der Waals surface area contributed by atoms with E-state index in [-0.39, 0.29) is 0 Å². The maximum Gasteiger partial charge on any atom is 0.191 e. The molecule has 1 unspecified atom stereocenters. The first kappa shape index (κ1) is 17.5. The van der Waals surface area contributed by atoms with E-state index in [2.05, 4.69) is 75.7 Å². The molecule has 25 heavy (non-hydrogen) atoms. The molecule has 5 heteroatoms. The first-order chi connectivity index (χ1) is 12.2. The van der Waals surface area contributed by atoms with Crippen LogP contribution in [0.1, 0.15) is 29.5 Å². The molecule has 132 valence electrons. The molecule has 0 aliphatic carbocycles. The minimum Gasteiger partial charge on any atom is -0.361 e. The molecule has 4 nitrogen and oxygen atoms in total. The van der Waals surface area contributed by atoms with Crippen LogP contribution < -0.4 is 10.6 Å². The van der Waals surface area contributed by atoms with Crippen LogP contribution in [0.4, 0.5) is 0 Å². The minimum atomic E-state index is 0.473. The molecule has 0 saturated carbocycles. The zero-order valence-electron chi connectivity index (χ0n) is 15.1. The zero-order chi connectivity index (χ0) is 17.6. The summed E-state index contributed by atoms with van der Waals surface area (Å²) in [5.74, 6) is 1.33. The van der Waals surface area contributed by atoms with Gasteiger partial charge in [-0.1, -0.05) is 19.1 Å². The fourth-order valence-corrected chi connectivity index (χ4v) is 3.89. The number of aromatic amines is 1. The lowest BCUT2D eigenvalue weighted by molar-refractivity contribution is 0.700. The lowest BCUT2D eigenvalue weighted by Crippen LogP contribution is -2.39. The van der Waals surface area contributed by atoms with Gasteiger partial charge in [0.15, 0.2) is 5.96 Å². The standard InChI is InChI=1S/C20H26N4S/c1-14-5-4-6-18-19(14)16(12-23-18)7-9-22-20(21-3)24-11-15(2)17-8-10-25-13-17/h4-6,8,10,12-13,15,23H,7,9,11H2,1-3H3,(H2,21,22,24).